The Bertz CT molecular complexity index is 493. The Morgan fingerprint density at radius 1 is 0.688 bits per heavy atom. The van der Waals surface area contributed by atoms with Crippen LogP contribution in [0, 0.1) is 0 Å². The van der Waals surface area contributed by atoms with Crippen molar-refractivity contribution >= 4 is 0 Å². The van der Waals surface area contributed by atoms with Crippen LogP contribution in [-0.4, -0.2) is 20.4 Å². The van der Waals surface area contributed by atoms with Gasteiger partial charge in [0.2, 0.25) is 0 Å². The summed E-state index contributed by atoms with van der Waals surface area (Å²) < 4.78 is 0. The van der Waals surface area contributed by atoms with Crippen LogP contribution in [0.2, 0.25) is 0 Å². The lowest BCUT2D eigenvalue weighted by Crippen LogP contribution is -2.24. The Morgan fingerprint density at radius 2 is 1.06 bits per heavy atom. The van der Waals surface area contributed by atoms with Crippen LogP contribution < -0.4 is 0 Å². The van der Waals surface area contributed by atoms with Crippen molar-refractivity contribution in [3.05, 3.63) is 46.9 Å². The van der Waals surface area contributed by atoms with E-state index in [1.165, 1.54) is 12.1 Å². The first kappa shape index (κ1) is 9.15. The monoisotopic (exact) mass is 218 g/mol. The first-order chi connectivity index (χ1) is 7.58. The van der Waals surface area contributed by atoms with Crippen molar-refractivity contribution in [2.24, 2.45) is 0 Å². The number of aromatic hydroxyl groups is 2. The average molecular weight is 218 g/mol. The van der Waals surface area contributed by atoms with Gasteiger partial charge in [-0.3, -0.25) is 0 Å². The Kier molecular flexibility index (Phi) is 1.56. The zero-order chi connectivity index (χ0) is 11.4. The van der Waals surface area contributed by atoms with Crippen molar-refractivity contribution in [2.45, 2.75) is 11.8 Å². The van der Waals surface area contributed by atoms with E-state index in [1.54, 1.807) is 12.2 Å². The Hall–Kier alpha value is -2.10. The molecule has 0 spiro atoms. The molecule has 0 heterocycles. The summed E-state index contributed by atoms with van der Waals surface area (Å²) in [5, 5.41) is 37.5. The highest BCUT2D eigenvalue weighted by Gasteiger charge is 2.39. The van der Waals surface area contributed by atoms with E-state index in [9.17, 15) is 20.4 Å². The van der Waals surface area contributed by atoms with Crippen LogP contribution >= 0.6 is 0 Å². The quantitative estimate of drug-likeness (QED) is 0.503. The molecule has 82 valence electrons. The third kappa shape index (κ3) is 0.984. The fraction of sp³-hybridized carbons (Fsp3) is 0.167. The standard InChI is InChI=1S/C12H10O4/c13-9-1-5-6(2-10(9)14)8-4-12(16)11(15)3-7(5)8/h1-6,13-16H. The maximum atomic E-state index is 9.38. The summed E-state index contributed by atoms with van der Waals surface area (Å²) in [7, 11) is 0. The molecule has 1 aromatic rings. The highest BCUT2D eigenvalue weighted by Crippen LogP contribution is 2.53. The summed E-state index contributed by atoms with van der Waals surface area (Å²) in [5.74, 6) is -0.665. The van der Waals surface area contributed by atoms with Crippen LogP contribution in [0.15, 0.2) is 35.8 Å². The zero-order valence-electron chi connectivity index (χ0n) is 8.25. The third-order valence-corrected chi connectivity index (χ3v) is 3.22. The number of aliphatic hydroxyl groups excluding tert-OH is 2. The molecule has 4 nitrogen and oxygen atoms in total. The van der Waals surface area contributed by atoms with E-state index in [4.69, 9.17) is 0 Å². The smallest absolute Gasteiger partial charge is 0.157 e. The average Bonchev–Trinajstić information content (AvgIpc) is 2.26. The molecule has 2 atom stereocenters. The molecule has 1 aromatic carbocycles. The molecule has 0 aromatic heterocycles. The van der Waals surface area contributed by atoms with Crippen LogP contribution in [0.1, 0.15) is 23.0 Å². The molecule has 0 radical (unpaired) electrons. The molecule has 0 saturated heterocycles. The van der Waals surface area contributed by atoms with Gasteiger partial charge in [-0.1, -0.05) is 0 Å². The van der Waals surface area contributed by atoms with E-state index in [1.807, 2.05) is 0 Å². The summed E-state index contributed by atoms with van der Waals surface area (Å²) >= 11 is 0. The normalized spacial score (nSPS) is 26.0. The van der Waals surface area contributed by atoms with Crippen LogP contribution in [0.25, 0.3) is 0 Å². The summed E-state index contributed by atoms with van der Waals surface area (Å²) in [6.45, 7) is 0. The molecule has 2 aliphatic rings. The number of allylic oxidation sites excluding steroid dienone is 2. The number of phenolic OH excluding ortho intramolecular Hbond substituents is 2. The lowest BCUT2D eigenvalue weighted by molar-refractivity contribution is 0.310. The summed E-state index contributed by atoms with van der Waals surface area (Å²) in [6, 6.07) is 2.98. The predicted octanol–water partition coefficient (Wildman–Crippen LogP) is 2.18. The van der Waals surface area contributed by atoms with E-state index >= 15 is 0 Å². The molecule has 0 amide bonds. The van der Waals surface area contributed by atoms with Gasteiger partial charge < -0.3 is 20.4 Å². The summed E-state index contributed by atoms with van der Waals surface area (Å²) in [6.07, 6.45) is 3.11. The number of fused-ring (bicyclic) bond motifs is 4. The number of benzene rings is 1. The molecule has 0 fully saturated rings. The van der Waals surface area contributed by atoms with E-state index in [-0.39, 0.29) is 34.9 Å². The number of hydrogen-bond acceptors (Lipinski definition) is 4. The minimum atomic E-state index is -0.163. The van der Waals surface area contributed by atoms with Gasteiger partial charge >= 0.3 is 0 Å². The predicted molar refractivity (Wildman–Crippen MR) is 56.7 cm³/mol. The Morgan fingerprint density at radius 3 is 1.44 bits per heavy atom. The van der Waals surface area contributed by atoms with Gasteiger partial charge in [0.15, 0.2) is 23.0 Å². The highest BCUT2D eigenvalue weighted by molar-refractivity contribution is 5.60. The topological polar surface area (TPSA) is 80.9 Å². The molecule has 4 heteroatoms. The number of aliphatic hydroxyl groups is 2. The molecule has 3 rings (SSSR count). The lowest BCUT2D eigenvalue weighted by Gasteiger charge is -2.38. The molecular weight excluding hydrogens is 208 g/mol. The van der Waals surface area contributed by atoms with Crippen molar-refractivity contribution in [1.82, 2.24) is 0 Å². The van der Waals surface area contributed by atoms with Gasteiger partial charge in [-0.25, -0.2) is 0 Å². The van der Waals surface area contributed by atoms with Crippen molar-refractivity contribution in [2.75, 3.05) is 0 Å². The fourth-order valence-corrected chi connectivity index (χ4v) is 2.37. The molecular formula is C12H10O4. The highest BCUT2D eigenvalue weighted by atomic mass is 16.3. The van der Waals surface area contributed by atoms with E-state index < -0.39 is 0 Å². The van der Waals surface area contributed by atoms with E-state index in [2.05, 4.69) is 0 Å². The molecule has 2 aliphatic carbocycles. The van der Waals surface area contributed by atoms with Crippen LogP contribution in [0.4, 0.5) is 0 Å². The second kappa shape index (κ2) is 2.72. The van der Waals surface area contributed by atoms with Crippen LogP contribution in [-0.2, 0) is 0 Å². The molecule has 0 saturated carbocycles. The number of hydrogen-bond donors (Lipinski definition) is 4. The first-order valence-electron chi connectivity index (χ1n) is 4.95. The molecule has 0 aliphatic heterocycles. The van der Waals surface area contributed by atoms with Gasteiger partial charge in [0.05, 0.1) is 0 Å². The van der Waals surface area contributed by atoms with Crippen molar-refractivity contribution < 1.29 is 20.4 Å². The Labute approximate surface area is 91.4 Å². The van der Waals surface area contributed by atoms with Gasteiger partial charge in [0, 0.05) is 11.8 Å². The molecule has 16 heavy (non-hydrogen) atoms. The second-order valence-corrected chi connectivity index (χ2v) is 4.13. The molecule has 2 unspecified atom stereocenters. The van der Waals surface area contributed by atoms with E-state index in [0.29, 0.717) is 0 Å². The van der Waals surface area contributed by atoms with Crippen molar-refractivity contribution in [1.29, 1.82) is 0 Å². The molecule has 4 N–H and O–H groups in total. The largest absolute Gasteiger partial charge is 0.504 e. The third-order valence-electron chi connectivity index (χ3n) is 3.22. The number of phenols is 2. The Balaban J connectivity index is 2.13. The van der Waals surface area contributed by atoms with Crippen molar-refractivity contribution in [3.8, 4) is 11.5 Å². The summed E-state index contributed by atoms with van der Waals surface area (Å²) in [4.78, 5) is 0. The van der Waals surface area contributed by atoms with Crippen molar-refractivity contribution in [3.63, 3.8) is 0 Å². The van der Waals surface area contributed by atoms with Gasteiger partial charge in [0.1, 0.15) is 0 Å². The summed E-state index contributed by atoms with van der Waals surface area (Å²) in [5.41, 5.74) is 1.74. The van der Waals surface area contributed by atoms with Gasteiger partial charge in [-0.2, -0.15) is 0 Å². The minimum Gasteiger partial charge on any atom is -0.504 e. The van der Waals surface area contributed by atoms with Gasteiger partial charge in [-0.15, -0.1) is 0 Å². The maximum Gasteiger partial charge on any atom is 0.157 e. The first-order valence-corrected chi connectivity index (χ1v) is 4.95. The fourth-order valence-electron chi connectivity index (χ4n) is 2.37. The SMILES string of the molecule is OC1=CC2c3cc(O)c(O)cc3C2C=C1O. The zero-order valence-corrected chi connectivity index (χ0v) is 8.25. The minimum absolute atomic E-state index is 0.0302. The second-order valence-electron chi connectivity index (χ2n) is 4.13. The molecule has 0 bridgehead atoms. The lowest BCUT2D eigenvalue weighted by atomic mass is 9.65. The number of rotatable bonds is 0. The van der Waals surface area contributed by atoms with Gasteiger partial charge in [-0.05, 0) is 35.4 Å². The van der Waals surface area contributed by atoms with Crippen LogP contribution in [0.3, 0.4) is 0 Å². The van der Waals surface area contributed by atoms with Gasteiger partial charge in [0.25, 0.3) is 0 Å². The van der Waals surface area contributed by atoms with Crippen LogP contribution in [0.5, 0.6) is 11.5 Å². The van der Waals surface area contributed by atoms with E-state index in [0.717, 1.165) is 11.1 Å². The maximum absolute atomic E-state index is 9.38.